The lowest BCUT2D eigenvalue weighted by Gasteiger charge is -2.05. The Bertz CT molecular complexity index is 219. The summed E-state index contributed by atoms with van der Waals surface area (Å²) in [6.45, 7) is 2.35. The highest BCUT2D eigenvalue weighted by Crippen LogP contribution is 2.00. The number of aromatic nitrogens is 2. The summed E-state index contributed by atoms with van der Waals surface area (Å²) in [6, 6.07) is 0. The first kappa shape index (κ1) is 9.22. The minimum atomic E-state index is 0.675. The summed E-state index contributed by atoms with van der Waals surface area (Å²) in [5, 5.41) is 0. The average molecular weight is 168 g/mol. The van der Waals surface area contributed by atoms with Gasteiger partial charge in [0, 0.05) is 24.9 Å². The first-order valence-corrected chi connectivity index (χ1v) is 4.27. The molecule has 0 spiro atoms. The van der Waals surface area contributed by atoms with Crippen molar-refractivity contribution in [2.24, 2.45) is 11.5 Å². The van der Waals surface area contributed by atoms with E-state index in [1.165, 1.54) is 5.69 Å². The van der Waals surface area contributed by atoms with E-state index in [2.05, 4.69) is 9.55 Å². The number of nitrogens with zero attached hydrogens (tertiary/aromatic N) is 2. The van der Waals surface area contributed by atoms with E-state index in [1.807, 2.05) is 12.5 Å². The van der Waals surface area contributed by atoms with Crippen molar-refractivity contribution in [2.45, 2.75) is 19.4 Å². The van der Waals surface area contributed by atoms with E-state index in [-0.39, 0.29) is 0 Å². The number of imidazole rings is 1. The fraction of sp³-hybridized carbons (Fsp3) is 0.625. The van der Waals surface area contributed by atoms with Crippen molar-refractivity contribution in [3.8, 4) is 0 Å². The molecule has 0 saturated heterocycles. The fourth-order valence-electron chi connectivity index (χ4n) is 1.17. The first-order valence-electron chi connectivity index (χ1n) is 4.27. The summed E-state index contributed by atoms with van der Waals surface area (Å²) >= 11 is 0. The van der Waals surface area contributed by atoms with Gasteiger partial charge in [0.1, 0.15) is 0 Å². The zero-order valence-corrected chi connectivity index (χ0v) is 7.24. The minimum absolute atomic E-state index is 0.675. The second kappa shape index (κ2) is 4.90. The molecule has 0 amide bonds. The largest absolute Gasteiger partial charge is 0.335 e. The molecule has 0 aliphatic rings. The van der Waals surface area contributed by atoms with E-state index < -0.39 is 0 Å². The number of nitrogens with two attached hydrogens (primary N) is 2. The molecular weight excluding hydrogens is 152 g/mol. The second-order valence-corrected chi connectivity index (χ2v) is 2.76. The highest BCUT2D eigenvalue weighted by molar-refractivity contribution is 4.98. The van der Waals surface area contributed by atoms with Gasteiger partial charge in [-0.2, -0.15) is 0 Å². The molecule has 4 heteroatoms. The van der Waals surface area contributed by atoms with Gasteiger partial charge in [0.25, 0.3) is 0 Å². The number of hydrogen-bond donors (Lipinski definition) is 2. The second-order valence-electron chi connectivity index (χ2n) is 2.76. The van der Waals surface area contributed by atoms with Crippen LogP contribution in [0.3, 0.4) is 0 Å². The Morgan fingerprint density at radius 3 is 2.83 bits per heavy atom. The van der Waals surface area contributed by atoms with Gasteiger partial charge in [-0.05, 0) is 19.5 Å². The SMILES string of the molecule is NCCCn1cncc1CCN. The maximum absolute atomic E-state index is 5.45. The fourth-order valence-corrected chi connectivity index (χ4v) is 1.17. The van der Waals surface area contributed by atoms with Crippen LogP contribution in [-0.2, 0) is 13.0 Å². The van der Waals surface area contributed by atoms with Crippen molar-refractivity contribution < 1.29 is 0 Å². The van der Waals surface area contributed by atoms with Crippen LogP contribution in [0.1, 0.15) is 12.1 Å². The van der Waals surface area contributed by atoms with Crippen LogP contribution in [0.2, 0.25) is 0 Å². The number of aryl methyl sites for hydroxylation is 1. The molecule has 0 fully saturated rings. The molecule has 0 aliphatic carbocycles. The number of hydrogen-bond acceptors (Lipinski definition) is 3. The van der Waals surface area contributed by atoms with E-state index in [4.69, 9.17) is 11.5 Å². The van der Waals surface area contributed by atoms with Crippen LogP contribution < -0.4 is 11.5 Å². The standard InChI is InChI=1S/C8H16N4/c9-3-1-5-12-7-11-6-8(12)2-4-10/h6-7H,1-5,9-10H2. The van der Waals surface area contributed by atoms with E-state index in [1.54, 1.807) is 0 Å². The molecule has 1 aromatic rings. The van der Waals surface area contributed by atoms with Crippen molar-refractivity contribution in [1.29, 1.82) is 0 Å². The summed E-state index contributed by atoms with van der Waals surface area (Å²) < 4.78 is 2.11. The normalized spacial score (nSPS) is 10.5. The predicted molar refractivity (Wildman–Crippen MR) is 48.7 cm³/mol. The lowest BCUT2D eigenvalue weighted by Crippen LogP contribution is -2.10. The van der Waals surface area contributed by atoms with Crippen LogP contribution in [0.4, 0.5) is 0 Å². The van der Waals surface area contributed by atoms with Crippen LogP contribution in [0.15, 0.2) is 12.5 Å². The summed E-state index contributed by atoms with van der Waals surface area (Å²) in [4.78, 5) is 4.06. The molecule has 1 aromatic heterocycles. The lowest BCUT2D eigenvalue weighted by molar-refractivity contribution is 0.622. The van der Waals surface area contributed by atoms with E-state index >= 15 is 0 Å². The molecular formula is C8H16N4. The monoisotopic (exact) mass is 168 g/mol. The molecule has 4 N–H and O–H groups in total. The van der Waals surface area contributed by atoms with Gasteiger partial charge in [0.2, 0.25) is 0 Å². The first-order chi connectivity index (χ1) is 5.88. The quantitative estimate of drug-likeness (QED) is 0.636. The molecule has 68 valence electrons. The van der Waals surface area contributed by atoms with Crippen LogP contribution in [0.5, 0.6) is 0 Å². The maximum Gasteiger partial charge on any atom is 0.0948 e. The summed E-state index contributed by atoms with van der Waals surface area (Å²) in [5.74, 6) is 0. The van der Waals surface area contributed by atoms with Gasteiger partial charge >= 0.3 is 0 Å². The maximum atomic E-state index is 5.45. The van der Waals surface area contributed by atoms with Crippen molar-refractivity contribution >= 4 is 0 Å². The van der Waals surface area contributed by atoms with E-state index in [0.717, 1.165) is 25.9 Å². The third kappa shape index (κ3) is 2.32. The van der Waals surface area contributed by atoms with Gasteiger partial charge in [-0.1, -0.05) is 0 Å². The Hall–Kier alpha value is -0.870. The molecule has 0 atom stereocenters. The third-order valence-corrected chi connectivity index (χ3v) is 1.80. The smallest absolute Gasteiger partial charge is 0.0948 e. The van der Waals surface area contributed by atoms with Gasteiger partial charge < -0.3 is 16.0 Å². The molecule has 0 unspecified atom stereocenters. The average Bonchev–Trinajstić information content (AvgIpc) is 2.50. The molecule has 12 heavy (non-hydrogen) atoms. The van der Waals surface area contributed by atoms with Crippen LogP contribution in [-0.4, -0.2) is 22.6 Å². The predicted octanol–water partition coefficient (Wildman–Crippen LogP) is -0.267. The molecule has 1 rings (SSSR count). The van der Waals surface area contributed by atoms with Crippen molar-refractivity contribution in [1.82, 2.24) is 9.55 Å². The van der Waals surface area contributed by atoms with Gasteiger partial charge in [0.05, 0.1) is 6.33 Å². The Morgan fingerprint density at radius 1 is 1.33 bits per heavy atom. The van der Waals surface area contributed by atoms with E-state index in [0.29, 0.717) is 6.54 Å². The van der Waals surface area contributed by atoms with Gasteiger partial charge in [-0.15, -0.1) is 0 Å². The van der Waals surface area contributed by atoms with Gasteiger partial charge in [-0.3, -0.25) is 0 Å². The van der Waals surface area contributed by atoms with Crippen LogP contribution in [0.25, 0.3) is 0 Å². The van der Waals surface area contributed by atoms with Crippen molar-refractivity contribution in [3.05, 3.63) is 18.2 Å². The zero-order valence-electron chi connectivity index (χ0n) is 7.24. The summed E-state index contributed by atoms with van der Waals surface area (Å²) in [5.41, 5.74) is 12.1. The molecule has 0 aliphatic heterocycles. The third-order valence-electron chi connectivity index (χ3n) is 1.80. The van der Waals surface area contributed by atoms with E-state index in [9.17, 15) is 0 Å². The Balaban J connectivity index is 2.51. The lowest BCUT2D eigenvalue weighted by atomic mass is 10.3. The molecule has 0 saturated carbocycles. The summed E-state index contributed by atoms with van der Waals surface area (Å²) in [6.07, 6.45) is 5.59. The molecule has 0 bridgehead atoms. The molecule has 0 aromatic carbocycles. The van der Waals surface area contributed by atoms with Gasteiger partial charge in [-0.25, -0.2) is 4.98 Å². The molecule has 0 radical (unpaired) electrons. The van der Waals surface area contributed by atoms with Crippen molar-refractivity contribution in [3.63, 3.8) is 0 Å². The topological polar surface area (TPSA) is 69.9 Å². The molecule has 1 heterocycles. The van der Waals surface area contributed by atoms with Crippen LogP contribution >= 0.6 is 0 Å². The Kier molecular flexibility index (Phi) is 3.76. The van der Waals surface area contributed by atoms with Crippen LogP contribution in [0, 0.1) is 0 Å². The zero-order chi connectivity index (χ0) is 8.81. The number of rotatable bonds is 5. The molecule has 4 nitrogen and oxygen atoms in total. The Morgan fingerprint density at radius 2 is 2.17 bits per heavy atom. The minimum Gasteiger partial charge on any atom is -0.335 e. The van der Waals surface area contributed by atoms with Crippen molar-refractivity contribution in [2.75, 3.05) is 13.1 Å². The van der Waals surface area contributed by atoms with Gasteiger partial charge in [0.15, 0.2) is 0 Å². The highest BCUT2D eigenvalue weighted by Gasteiger charge is 1.98. The highest BCUT2D eigenvalue weighted by atomic mass is 15.0. The Labute approximate surface area is 72.6 Å². The summed E-state index contributed by atoms with van der Waals surface area (Å²) in [7, 11) is 0.